The molecule has 0 aliphatic carbocycles. The van der Waals surface area contributed by atoms with Crippen LogP contribution < -0.4 is 31.8 Å². The van der Waals surface area contributed by atoms with Gasteiger partial charge in [-0.2, -0.15) is 0 Å². The molecule has 0 heterocycles. The van der Waals surface area contributed by atoms with Crippen LogP contribution >= 0.6 is 12.0 Å². The summed E-state index contributed by atoms with van der Waals surface area (Å²) < 4.78 is 0. The average Bonchev–Trinajstić information content (AvgIpc) is 3.21. The van der Waals surface area contributed by atoms with Crippen molar-refractivity contribution in [2.75, 3.05) is 0 Å². The Morgan fingerprint density at radius 3 is 0.531 bits per heavy atom. The molecule has 6 rings (SSSR count). The third-order valence-electron chi connectivity index (χ3n) is 9.95. The van der Waals surface area contributed by atoms with E-state index in [0.717, 1.165) is 0 Å². The van der Waals surface area contributed by atoms with E-state index < -0.39 is 20.6 Å². The number of rotatable bonds is 13. The predicted octanol–water partition coefficient (Wildman–Crippen LogP) is 4.98. The fourth-order valence-electron chi connectivity index (χ4n) is 7.88. The van der Waals surface area contributed by atoms with E-state index >= 15 is 24.0 Å². The van der Waals surface area contributed by atoms with Gasteiger partial charge >= 0.3 is 284 Å². The summed E-state index contributed by atoms with van der Waals surface area (Å²) in [5, 5.41) is 3.92. The van der Waals surface area contributed by atoms with E-state index in [1.807, 2.05) is 0 Å². The molecule has 0 amide bonds. The fourth-order valence-corrected chi connectivity index (χ4v) is 60.2. The van der Waals surface area contributed by atoms with Crippen molar-refractivity contribution in [3.63, 3.8) is 0 Å². The van der Waals surface area contributed by atoms with Crippen LogP contribution in [0.2, 0.25) is 0 Å². The Balaban J connectivity index is 2.23. The van der Waals surface area contributed by atoms with Crippen molar-refractivity contribution in [2.45, 2.75) is 0 Å². The molecule has 250 valence electrons. The molecule has 0 saturated carbocycles. The van der Waals surface area contributed by atoms with Gasteiger partial charge in [0.25, 0.3) is 0 Å². The van der Waals surface area contributed by atoms with E-state index in [-0.39, 0.29) is 0 Å². The first-order chi connectivity index (χ1) is 23.9. The molecule has 0 spiro atoms. The van der Waals surface area contributed by atoms with Crippen molar-refractivity contribution >= 4 is 69.9 Å². The van der Waals surface area contributed by atoms with Gasteiger partial charge in [0.05, 0.1) is 0 Å². The summed E-state index contributed by atoms with van der Waals surface area (Å²) in [6.45, 7) is 0. The molecule has 0 unspecified atom stereocenters. The Hall–Kier alpha value is -4.96. The molecule has 0 aliphatic rings. The van der Waals surface area contributed by atoms with Gasteiger partial charge in [0.2, 0.25) is 0 Å². The Morgan fingerprint density at radius 2 is 0.408 bits per heavy atom. The molecule has 0 saturated heterocycles. The summed E-state index contributed by atoms with van der Waals surface area (Å²) >= 11 is 0. The maximum absolute atomic E-state index is 15.7. The molecule has 6 aromatic rings. The molecule has 0 N–H and O–H groups in total. The molecule has 0 fully saturated rings. The number of carbonyl (C=O) groups is 5. The van der Waals surface area contributed by atoms with Gasteiger partial charge < -0.3 is 0 Å². The first-order valence-electron chi connectivity index (χ1n) is 15.4. The monoisotopic (exact) mass is 730 g/mol. The van der Waals surface area contributed by atoms with Crippen molar-refractivity contribution in [3.8, 4) is 0 Å². The van der Waals surface area contributed by atoms with Crippen molar-refractivity contribution in [2.24, 2.45) is 0 Å². The molecule has 0 aromatic heterocycles. The van der Waals surface area contributed by atoms with Crippen LogP contribution in [0.1, 0.15) is 0 Å². The van der Waals surface area contributed by atoms with Crippen molar-refractivity contribution in [1.82, 2.24) is 0 Å². The maximum atomic E-state index is 15.7. The van der Waals surface area contributed by atoms with Crippen LogP contribution in [0.4, 0.5) is 0 Å². The number of hydrogen-bond donors (Lipinski definition) is 0. The van der Waals surface area contributed by atoms with Gasteiger partial charge in [0.1, 0.15) is 0 Å². The van der Waals surface area contributed by atoms with Crippen LogP contribution in [0, 0.1) is 0 Å². The zero-order valence-electron chi connectivity index (χ0n) is 26.6. The van der Waals surface area contributed by atoms with Crippen molar-refractivity contribution in [3.05, 3.63) is 182 Å². The molecular weight excluding hydrogens is 693 g/mol. The van der Waals surface area contributed by atoms with E-state index in [9.17, 15) is 0 Å². The van der Waals surface area contributed by atoms with Crippen molar-refractivity contribution in [1.29, 1.82) is 0 Å². The zero-order valence-corrected chi connectivity index (χ0v) is 29.6. The Morgan fingerprint density at radius 1 is 0.265 bits per heavy atom. The van der Waals surface area contributed by atoms with Gasteiger partial charge in [0.15, 0.2) is 0 Å². The summed E-state index contributed by atoms with van der Waals surface area (Å²) in [5.41, 5.74) is 0. The fraction of sp³-hybridized carbons (Fsp3) is 0. The van der Waals surface area contributed by atoms with E-state index in [0.29, 0.717) is 57.9 Å². The zero-order chi connectivity index (χ0) is 34.6. The molecule has 0 radical (unpaired) electrons. The van der Waals surface area contributed by atoms with E-state index in [1.165, 1.54) is 0 Å². The first kappa shape index (κ1) is 33.9. The summed E-state index contributed by atoms with van der Waals surface area (Å²) in [4.78, 5) is 78.3. The first-order valence-corrected chi connectivity index (χ1v) is 25.2. The van der Waals surface area contributed by atoms with Gasteiger partial charge in [-0.25, -0.2) is 0 Å². The van der Waals surface area contributed by atoms with Gasteiger partial charge in [0, 0.05) is 0 Å². The molecule has 0 bridgehead atoms. The SMILES string of the molecule is O=[CH][Co]([CH]=O)([CH]=O)([CH]=O)([CH]=O)([PH](c1ccccc1)(c1ccccc1)c1ccccc1)[PH](c1ccccc1)(c1ccccc1)c1ccccc1. The quantitative estimate of drug-likeness (QED) is 0.124. The molecule has 8 heteroatoms. The number of hydrogen-bond acceptors (Lipinski definition) is 5. The minimum atomic E-state index is -8.15. The molecular formula is C41H37CoO5P2. The Labute approximate surface area is 283 Å². The molecule has 6 aromatic carbocycles. The third-order valence-corrected chi connectivity index (χ3v) is 54.7. The van der Waals surface area contributed by atoms with Crippen LogP contribution in [0.15, 0.2) is 182 Å². The topological polar surface area (TPSA) is 85.3 Å². The van der Waals surface area contributed by atoms with Crippen LogP contribution in [-0.2, 0) is 32.6 Å². The second-order valence-electron chi connectivity index (χ2n) is 12.0. The third kappa shape index (κ3) is 3.45. The second-order valence-corrected chi connectivity index (χ2v) is 41.3. The van der Waals surface area contributed by atoms with Gasteiger partial charge in [-0.05, 0) is 0 Å². The number of carbonyl (C=O) groups excluding carboxylic acids is 5. The second kappa shape index (κ2) is 11.6. The van der Waals surface area contributed by atoms with Gasteiger partial charge in [-0.1, -0.05) is 0 Å². The Kier molecular flexibility index (Phi) is 8.02. The molecule has 0 atom stereocenters. The predicted molar refractivity (Wildman–Crippen MR) is 207 cm³/mol. The molecule has 49 heavy (non-hydrogen) atoms. The van der Waals surface area contributed by atoms with Gasteiger partial charge in [-0.15, -0.1) is 0 Å². The standard InChI is InChI=1S/2C18H15P.5CHO.Co/c2*1-4-10-16(11-5-1)19(17-12-6-2-7-13-17)18-14-8-3-9-15-18;5*1-2;/h2*1-15H;5*1H;/q;;;;;;;-2/p+2. The number of benzene rings is 6. The normalized spacial score (nSPS) is 14.7. The van der Waals surface area contributed by atoms with Crippen LogP contribution in [0.3, 0.4) is 0 Å². The summed E-state index contributed by atoms with van der Waals surface area (Å²) in [6, 6.07) is 52.8. The van der Waals surface area contributed by atoms with E-state index in [1.54, 1.807) is 182 Å². The van der Waals surface area contributed by atoms with Crippen LogP contribution in [-0.4, -0.2) is 26.1 Å². The summed E-state index contributed by atoms with van der Waals surface area (Å²) in [7, 11) is -8.15. The minimum absolute atomic E-state index is 0.299. The van der Waals surface area contributed by atoms with Crippen molar-refractivity contribution < 1.29 is 32.6 Å². The average molecular weight is 731 g/mol. The summed E-state index contributed by atoms with van der Waals surface area (Å²) in [6.07, 6.45) is 0. The van der Waals surface area contributed by atoms with E-state index in [2.05, 4.69) is 0 Å². The van der Waals surface area contributed by atoms with Crippen LogP contribution in [0.5, 0.6) is 0 Å². The van der Waals surface area contributed by atoms with Gasteiger partial charge in [-0.3, -0.25) is 0 Å². The van der Waals surface area contributed by atoms with E-state index in [4.69, 9.17) is 0 Å². The van der Waals surface area contributed by atoms with Crippen LogP contribution in [0.25, 0.3) is 0 Å². The Bertz CT molecular complexity index is 1790. The molecule has 0 aliphatic heterocycles. The molecule has 5 nitrogen and oxygen atoms in total. The summed E-state index contributed by atoms with van der Waals surface area (Å²) in [5.74, 6) is -9.97.